The van der Waals surface area contributed by atoms with E-state index < -0.39 is 21.2 Å². The maximum atomic E-state index is 12.7. The maximum absolute atomic E-state index is 12.7. The van der Waals surface area contributed by atoms with Gasteiger partial charge in [0.1, 0.15) is 5.69 Å². The van der Waals surface area contributed by atoms with Crippen molar-refractivity contribution in [3.8, 4) is 0 Å². The summed E-state index contributed by atoms with van der Waals surface area (Å²) < 4.78 is 0. The molecule has 0 atom stereocenters. The van der Waals surface area contributed by atoms with Gasteiger partial charge in [-0.3, -0.25) is 39.5 Å². The summed E-state index contributed by atoms with van der Waals surface area (Å²) in [5.74, 6) is -0.964. The van der Waals surface area contributed by atoms with Crippen LogP contribution in [0.3, 0.4) is 0 Å². The van der Waals surface area contributed by atoms with Crippen LogP contribution in [0.2, 0.25) is 5.02 Å². The third-order valence-corrected chi connectivity index (χ3v) is 6.99. The number of amides is 3. The third-order valence-electron chi connectivity index (χ3n) is 6.70. The average molecular weight is 608 g/mol. The number of rotatable bonds is 12. The molecule has 0 bridgehead atoms. The zero-order valence-corrected chi connectivity index (χ0v) is 23.9. The number of halogens is 1. The minimum Gasteiger partial charge on any atom is -0.372 e. The van der Waals surface area contributed by atoms with Gasteiger partial charge in [-0.1, -0.05) is 30.7 Å². The molecule has 0 saturated heterocycles. The molecule has 15 heteroatoms. The van der Waals surface area contributed by atoms with Gasteiger partial charge in [-0.15, -0.1) is 10.2 Å². The molecule has 0 aromatic heterocycles. The molecule has 0 unspecified atom stereocenters. The van der Waals surface area contributed by atoms with Gasteiger partial charge in [-0.25, -0.2) is 0 Å². The molecule has 0 radical (unpaired) electrons. The predicted molar refractivity (Wildman–Crippen MR) is 159 cm³/mol. The number of non-ortho nitro benzene ring substituents is 1. The molecule has 3 aromatic carbocycles. The quantitative estimate of drug-likeness (QED) is 0.106. The minimum absolute atomic E-state index is 0.163. The van der Waals surface area contributed by atoms with E-state index in [0.717, 1.165) is 12.1 Å². The summed E-state index contributed by atoms with van der Waals surface area (Å²) in [5, 5.41) is 33.0. The highest BCUT2D eigenvalue weighted by atomic mass is 35.5. The number of anilines is 2. The van der Waals surface area contributed by atoms with Crippen molar-refractivity contribution in [2.45, 2.75) is 26.7 Å². The van der Waals surface area contributed by atoms with Crippen LogP contribution >= 0.6 is 11.6 Å². The van der Waals surface area contributed by atoms with Gasteiger partial charge in [0.05, 0.1) is 37.7 Å². The van der Waals surface area contributed by atoms with Crippen molar-refractivity contribution in [1.82, 2.24) is 4.90 Å². The van der Waals surface area contributed by atoms with Gasteiger partial charge in [0, 0.05) is 37.8 Å². The number of nitrogens with one attached hydrogen (secondary N) is 1. The number of nitrogens with zero attached hydrogens (tertiary/aromatic N) is 6. The summed E-state index contributed by atoms with van der Waals surface area (Å²) in [6.45, 7) is 4.86. The van der Waals surface area contributed by atoms with Crippen LogP contribution in [0.1, 0.15) is 47.4 Å². The molecule has 1 N–H and O–H groups in total. The molecular formula is C28H26ClN7O7. The molecule has 0 spiro atoms. The zero-order chi connectivity index (χ0) is 31.3. The van der Waals surface area contributed by atoms with Crippen LogP contribution in [0.25, 0.3) is 0 Å². The van der Waals surface area contributed by atoms with Crippen molar-refractivity contribution in [1.29, 1.82) is 0 Å². The first-order valence-corrected chi connectivity index (χ1v) is 13.6. The molecule has 4 rings (SSSR count). The lowest BCUT2D eigenvalue weighted by atomic mass is 10.1. The molecular weight excluding hydrogens is 582 g/mol. The highest BCUT2D eigenvalue weighted by molar-refractivity contribution is 6.33. The van der Waals surface area contributed by atoms with E-state index in [-0.39, 0.29) is 52.8 Å². The summed E-state index contributed by atoms with van der Waals surface area (Å²) in [6, 6.07) is 13.3. The highest BCUT2D eigenvalue weighted by Gasteiger charge is 2.34. The number of nitro groups is 2. The molecule has 1 aliphatic heterocycles. The number of hydrogen-bond donors (Lipinski definition) is 1. The van der Waals surface area contributed by atoms with Crippen molar-refractivity contribution < 1.29 is 24.2 Å². The maximum Gasteiger partial charge on any atom is 0.305 e. The number of azo groups is 1. The average Bonchev–Trinajstić information content (AvgIpc) is 3.23. The smallest absolute Gasteiger partial charge is 0.305 e. The van der Waals surface area contributed by atoms with E-state index in [1.165, 1.54) is 4.90 Å². The van der Waals surface area contributed by atoms with Gasteiger partial charge in [0.15, 0.2) is 5.69 Å². The first-order chi connectivity index (χ1) is 20.5. The van der Waals surface area contributed by atoms with Crippen LogP contribution in [0.15, 0.2) is 64.8 Å². The van der Waals surface area contributed by atoms with Crippen molar-refractivity contribution in [3.05, 3.63) is 91.0 Å². The fraction of sp³-hybridized carbons (Fsp3) is 0.250. The second kappa shape index (κ2) is 13.2. The van der Waals surface area contributed by atoms with Gasteiger partial charge in [-0.2, -0.15) is 0 Å². The first-order valence-electron chi connectivity index (χ1n) is 13.2. The minimum atomic E-state index is -0.850. The second-order valence-electron chi connectivity index (χ2n) is 9.35. The summed E-state index contributed by atoms with van der Waals surface area (Å²) in [6.07, 6.45) is 0.651. The standard InChI is InChI=1S/C28H26ClN7O7/c1-3-25(37)30-23-15-17(33(4-2)12-7-13-34-27(38)19-8-5-6-9-20(19)28(34)39)10-11-22(23)31-32-26-21(29)14-18(35(40)41)16-24(26)36(42)43/h5-6,8-11,14-16H,3-4,7,12-13H2,1-2H3,(H,30,37)/b32-31+. The van der Waals surface area contributed by atoms with Gasteiger partial charge < -0.3 is 10.2 Å². The number of hydrogen-bond acceptors (Lipinski definition) is 10. The highest BCUT2D eigenvalue weighted by Crippen LogP contribution is 2.40. The van der Waals surface area contributed by atoms with Crippen LogP contribution in [-0.4, -0.2) is 52.1 Å². The van der Waals surface area contributed by atoms with E-state index in [4.69, 9.17) is 11.6 Å². The van der Waals surface area contributed by atoms with Crippen molar-refractivity contribution in [2.75, 3.05) is 29.9 Å². The normalized spacial score (nSPS) is 12.5. The Balaban J connectivity index is 1.56. The number of carbonyl (C=O) groups is 3. The largest absolute Gasteiger partial charge is 0.372 e. The number of nitro benzene ring substituents is 2. The van der Waals surface area contributed by atoms with Gasteiger partial charge >= 0.3 is 5.69 Å². The molecule has 3 amide bonds. The van der Waals surface area contributed by atoms with Crippen LogP contribution in [0.4, 0.5) is 34.1 Å². The number of carbonyl (C=O) groups excluding carboxylic acids is 3. The lowest BCUT2D eigenvalue weighted by Crippen LogP contribution is -2.33. The fourth-order valence-electron chi connectivity index (χ4n) is 4.50. The van der Waals surface area contributed by atoms with E-state index in [9.17, 15) is 34.6 Å². The first kappa shape index (κ1) is 30.7. The lowest BCUT2D eigenvalue weighted by molar-refractivity contribution is -0.393. The number of imide groups is 1. The van der Waals surface area contributed by atoms with E-state index in [1.54, 1.807) is 49.4 Å². The zero-order valence-electron chi connectivity index (χ0n) is 23.2. The lowest BCUT2D eigenvalue weighted by Gasteiger charge is -2.25. The molecule has 0 fully saturated rings. The van der Waals surface area contributed by atoms with Gasteiger partial charge in [-0.05, 0) is 43.7 Å². The monoisotopic (exact) mass is 607 g/mol. The fourth-order valence-corrected chi connectivity index (χ4v) is 4.74. The van der Waals surface area contributed by atoms with E-state index in [1.807, 2.05) is 11.8 Å². The van der Waals surface area contributed by atoms with Crippen molar-refractivity contribution in [3.63, 3.8) is 0 Å². The Hall–Kier alpha value is -5.24. The molecule has 3 aromatic rings. The molecule has 222 valence electrons. The topological polar surface area (TPSA) is 181 Å². The molecule has 1 heterocycles. The Morgan fingerprint density at radius 1 is 0.977 bits per heavy atom. The van der Waals surface area contributed by atoms with Gasteiger partial charge in [0.25, 0.3) is 17.5 Å². The van der Waals surface area contributed by atoms with Crippen molar-refractivity contribution >= 4 is 63.4 Å². The Morgan fingerprint density at radius 2 is 1.65 bits per heavy atom. The summed E-state index contributed by atoms with van der Waals surface area (Å²) in [7, 11) is 0. The Kier molecular flexibility index (Phi) is 9.40. The molecule has 0 aliphatic carbocycles. The molecule has 43 heavy (non-hydrogen) atoms. The second-order valence-corrected chi connectivity index (χ2v) is 9.76. The Morgan fingerprint density at radius 3 is 2.23 bits per heavy atom. The van der Waals surface area contributed by atoms with E-state index in [0.29, 0.717) is 36.3 Å². The Labute approximate surface area is 250 Å². The van der Waals surface area contributed by atoms with E-state index >= 15 is 0 Å². The summed E-state index contributed by atoms with van der Waals surface area (Å²) >= 11 is 6.08. The molecule has 1 aliphatic rings. The third kappa shape index (κ3) is 6.64. The van der Waals surface area contributed by atoms with Crippen LogP contribution in [-0.2, 0) is 4.79 Å². The van der Waals surface area contributed by atoms with E-state index in [2.05, 4.69) is 15.5 Å². The van der Waals surface area contributed by atoms with Crippen molar-refractivity contribution in [2.24, 2.45) is 10.2 Å². The predicted octanol–water partition coefficient (Wildman–Crippen LogP) is 6.43. The summed E-state index contributed by atoms with van der Waals surface area (Å²) in [4.78, 5) is 61.9. The SMILES string of the molecule is CCC(=O)Nc1cc(N(CC)CCCN2C(=O)c3ccccc3C2=O)ccc1/N=N/c1c(Cl)cc([N+](=O)[O-])cc1[N+](=O)[O-]. The Bertz CT molecular complexity index is 1630. The number of fused-ring (bicyclic) bond motifs is 1. The summed E-state index contributed by atoms with van der Waals surface area (Å²) in [5.41, 5.74) is 0.269. The molecule has 0 saturated carbocycles. The number of benzene rings is 3. The molecule has 14 nitrogen and oxygen atoms in total. The van der Waals surface area contributed by atoms with Gasteiger partial charge in [0.2, 0.25) is 5.91 Å². The van der Waals surface area contributed by atoms with Crippen LogP contribution in [0, 0.1) is 20.2 Å². The van der Waals surface area contributed by atoms with Crippen LogP contribution in [0.5, 0.6) is 0 Å². The van der Waals surface area contributed by atoms with Crippen LogP contribution < -0.4 is 10.2 Å².